The van der Waals surface area contributed by atoms with E-state index in [0.29, 0.717) is 17.9 Å². The molecule has 1 aliphatic rings. The Labute approximate surface area is 114 Å². The highest BCUT2D eigenvalue weighted by Gasteiger charge is 2.19. The fraction of sp³-hybridized carbons (Fsp3) is 0.643. The van der Waals surface area contributed by atoms with Gasteiger partial charge in [0.2, 0.25) is 0 Å². The van der Waals surface area contributed by atoms with Gasteiger partial charge < -0.3 is 11.1 Å². The molecule has 0 radical (unpaired) electrons. The predicted octanol–water partition coefficient (Wildman–Crippen LogP) is 3.29. The standard InChI is InChI=1S/C14H23N3S/c1-10(2)13(12-8-5-9-18-12)17-14(15)16-11-6-3-4-7-11/h5,8-11,13H,3-4,6-7H2,1-2H3,(H3,15,16,17). The van der Waals surface area contributed by atoms with Crippen molar-refractivity contribution in [3.63, 3.8) is 0 Å². The van der Waals surface area contributed by atoms with E-state index in [9.17, 15) is 0 Å². The summed E-state index contributed by atoms with van der Waals surface area (Å²) in [7, 11) is 0. The average molecular weight is 265 g/mol. The van der Waals surface area contributed by atoms with Gasteiger partial charge >= 0.3 is 0 Å². The van der Waals surface area contributed by atoms with Crippen molar-refractivity contribution in [2.24, 2.45) is 16.6 Å². The molecule has 1 saturated carbocycles. The molecule has 3 N–H and O–H groups in total. The van der Waals surface area contributed by atoms with Crippen LogP contribution in [0.3, 0.4) is 0 Å². The molecule has 0 aliphatic heterocycles. The summed E-state index contributed by atoms with van der Waals surface area (Å²) in [6.07, 6.45) is 4.96. The number of hydrogen-bond acceptors (Lipinski definition) is 2. The highest BCUT2D eigenvalue weighted by atomic mass is 32.1. The van der Waals surface area contributed by atoms with Crippen molar-refractivity contribution >= 4 is 17.3 Å². The monoisotopic (exact) mass is 265 g/mol. The minimum atomic E-state index is 0.273. The molecule has 0 spiro atoms. The summed E-state index contributed by atoms with van der Waals surface area (Å²) in [6.45, 7) is 4.42. The van der Waals surface area contributed by atoms with Crippen LogP contribution in [0.5, 0.6) is 0 Å². The van der Waals surface area contributed by atoms with E-state index in [1.54, 1.807) is 11.3 Å². The zero-order valence-corrected chi connectivity index (χ0v) is 12.0. The van der Waals surface area contributed by atoms with Gasteiger partial charge in [0.15, 0.2) is 5.96 Å². The number of nitrogens with zero attached hydrogens (tertiary/aromatic N) is 1. The first-order valence-corrected chi connectivity index (χ1v) is 7.68. The molecule has 0 amide bonds. The number of hydrogen-bond donors (Lipinski definition) is 2. The van der Waals surface area contributed by atoms with Gasteiger partial charge in [-0.3, -0.25) is 4.99 Å². The van der Waals surface area contributed by atoms with Crippen molar-refractivity contribution < 1.29 is 0 Å². The van der Waals surface area contributed by atoms with Crippen molar-refractivity contribution in [1.82, 2.24) is 5.32 Å². The van der Waals surface area contributed by atoms with Crippen molar-refractivity contribution in [3.8, 4) is 0 Å². The van der Waals surface area contributed by atoms with Gasteiger partial charge in [0.25, 0.3) is 0 Å². The Morgan fingerprint density at radius 1 is 1.44 bits per heavy atom. The smallest absolute Gasteiger partial charge is 0.189 e. The summed E-state index contributed by atoms with van der Waals surface area (Å²) in [5.41, 5.74) is 6.04. The van der Waals surface area contributed by atoms with Crippen LogP contribution in [0.4, 0.5) is 0 Å². The summed E-state index contributed by atoms with van der Waals surface area (Å²) in [4.78, 5) is 5.92. The Kier molecular flexibility index (Phi) is 4.64. The second-order valence-electron chi connectivity index (χ2n) is 5.33. The van der Waals surface area contributed by atoms with E-state index >= 15 is 0 Å². The molecule has 2 rings (SSSR count). The van der Waals surface area contributed by atoms with Crippen molar-refractivity contribution in [2.45, 2.75) is 51.6 Å². The third kappa shape index (κ3) is 3.48. The largest absolute Gasteiger partial charge is 0.370 e. The Balaban J connectivity index is 2.00. The minimum absolute atomic E-state index is 0.273. The second-order valence-corrected chi connectivity index (χ2v) is 6.31. The topological polar surface area (TPSA) is 50.4 Å². The van der Waals surface area contributed by atoms with E-state index in [1.165, 1.54) is 30.6 Å². The van der Waals surface area contributed by atoms with Gasteiger partial charge in [-0.15, -0.1) is 11.3 Å². The molecular weight excluding hydrogens is 242 g/mol. The van der Waals surface area contributed by atoms with Crippen LogP contribution in [-0.2, 0) is 0 Å². The van der Waals surface area contributed by atoms with Crippen LogP contribution in [0.15, 0.2) is 22.5 Å². The number of guanidine groups is 1. The summed E-state index contributed by atoms with van der Waals surface area (Å²) in [5, 5.41) is 5.49. The Morgan fingerprint density at radius 2 is 2.17 bits per heavy atom. The van der Waals surface area contributed by atoms with Crippen LogP contribution in [0.2, 0.25) is 0 Å². The van der Waals surface area contributed by atoms with Crippen molar-refractivity contribution in [1.29, 1.82) is 0 Å². The van der Waals surface area contributed by atoms with E-state index in [2.05, 4.69) is 41.7 Å². The molecule has 1 aromatic rings. The Morgan fingerprint density at radius 3 is 2.72 bits per heavy atom. The van der Waals surface area contributed by atoms with E-state index < -0.39 is 0 Å². The van der Waals surface area contributed by atoms with E-state index in [4.69, 9.17) is 5.73 Å². The Bertz CT molecular complexity index is 378. The maximum Gasteiger partial charge on any atom is 0.189 e. The lowest BCUT2D eigenvalue weighted by molar-refractivity contribution is 0.475. The van der Waals surface area contributed by atoms with Gasteiger partial charge in [0.1, 0.15) is 0 Å². The van der Waals surface area contributed by atoms with Crippen LogP contribution in [-0.4, -0.2) is 12.0 Å². The molecule has 100 valence electrons. The minimum Gasteiger partial charge on any atom is -0.370 e. The molecule has 1 unspecified atom stereocenters. The van der Waals surface area contributed by atoms with Crippen LogP contribution < -0.4 is 11.1 Å². The molecule has 0 aromatic carbocycles. The highest BCUT2D eigenvalue weighted by Crippen LogP contribution is 2.26. The summed E-state index contributed by atoms with van der Waals surface area (Å²) < 4.78 is 0. The first-order chi connectivity index (χ1) is 8.66. The third-order valence-corrected chi connectivity index (χ3v) is 4.42. The maximum atomic E-state index is 6.04. The molecule has 1 aromatic heterocycles. The number of rotatable bonds is 4. The maximum absolute atomic E-state index is 6.04. The fourth-order valence-corrected chi connectivity index (χ4v) is 3.41. The summed E-state index contributed by atoms with van der Waals surface area (Å²) >= 11 is 1.77. The number of thiophene rings is 1. The van der Waals surface area contributed by atoms with E-state index in [0.717, 1.165) is 0 Å². The molecule has 0 bridgehead atoms. The zero-order chi connectivity index (χ0) is 13.0. The van der Waals surface area contributed by atoms with Crippen LogP contribution in [0.1, 0.15) is 50.4 Å². The molecule has 3 nitrogen and oxygen atoms in total. The average Bonchev–Trinajstić information content (AvgIpc) is 2.97. The lowest BCUT2D eigenvalue weighted by Gasteiger charge is -2.22. The van der Waals surface area contributed by atoms with Crippen LogP contribution >= 0.6 is 11.3 Å². The molecular formula is C14H23N3S. The molecule has 18 heavy (non-hydrogen) atoms. The molecule has 4 heteroatoms. The third-order valence-electron chi connectivity index (χ3n) is 3.47. The SMILES string of the molecule is CC(C)C(NC(N)=NC1CCCC1)c1cccs1. The van der Waals surface area contributed by atoms with Crippen LogP contribution in [0.25, 0.3) is 0 Å². The first-order valence-electron chi connectivity index (χ1n) is 6.80. The normalized spacial score (nSPS) is 19.4. The van der Waals surface area contributed by atoms with E-state index in [-0.39, 0.29) is 6.04 Å². The lowest BCUT2D eigenvalue weighted by Crippen LogP contribution is -2.37. The van der Waals surface area contributed by atoms with Crippen LogP contribution in [0, 0.1) is 5.92 Å². The van der Waals surface area contributed by atoms with Crippen molar-refractivity contribution in [2.75, 3.05) is 0 Å². The zero-order valence-electron chi connectivity index (χ0n) is 11.2. The van der Waals surface area contributed by atoms with Gasteiger partial charge in [-0.1, -0.05) is 32.8 Å². The van der Waals surface area contributed by atoms with Gasteiger partial charge in [0.05, 0.1) is 12.1 Å². The van der Waals surface area contributed by atoms with Gasteiger partial charge in [-0.05, 0) is 30.2 Å². The number of aliphatic imine (C=N–C) groups is 1. The Hall–Kier alpha value is -1.03. The molecule has 1 fully saturated rings. The molecule has 1 aliphatic carbocycles. The van der Waals surface area contributed by atoms with Gasteiger partial charge in [0, 0.05) is 4.88 Å². The summed E-state index contributed by atoms with van der Waals surface area (Å²) in [6, 6.07) is 4.95. The molecule has 1 heterocycles. The number of nitrogens with two attached hydrogens (primary N) is 1. The molecule has 0 saturated heterocycles. The fourth-order valence-electron chi connectivity index (χ4n) is 2.46. The highest BCUT2D eigenvalue weighted by molar-refractivity contribution is 7.10. The lowest BCUT2D eigenvalue weighted by atomic mass is 10.0. The molecule has 1 atom stereocenters. The van der Waals surface area contributed by atoms with Gasteiger partial charge in [-0.25, -0.2) is 0 Å². The van der Waals surface area contributed by atoms with Crippen molar-refractivity contribution in [3.05, 3.63) is 22.4 Å². The predicted molar refractivity (Wildman–Crippen MR) is 78.9 cm³/mol. The van der Waals surface area contributed by atoms with Gasteiger partial charge in [-0.2, -0.15) is 0 Å². The van der Waals surface area contributed by atoms with E-state index in [1.807, 2.05) is 0 Å². The first kappa shape index (κ1) is 13.4. The summed E-state index contributed by atoms with van der Waals surface area (Å²) in [5.74, 6) is 1.11. The quantitative estimate of drug-likeness (QED) is 0.648. The number of nitrogens with one attached hydrogen (secondary N) is 1. The second kappa shape index (κ2) is 6.23.